The van der Waals surface area contributed by atoms with Crippen molar-refractivity contribution in [3.63, 3.8) is 0 Å². The van der Waals surface area contributed by atoms with Crippen molar-refractivity contribution in [1.29, 1.82) is 0 Å². The van der Waals surface area contributed by atoms with Gasteiger partial charge in [-0.25, -0.2) is 4.98 Å². The van der Waals surface area contributed by atoms with E-state index < -0.39 is 5.97 Å². The molecule has 0 radical (unpaired) electrons. The van der Waals surface area contributed by atoms with Gasteiger partial charge in [0.2, 0.25) is 5.89 Å². The van der Waals surface area contributed by atoms with Crippen LogP contribution in [0.15, 0.2) is 34.7 Å². The standard InChI is InChI=1S/C14H15NO3/c1-10-12(8-5-9-13(16)17)15-14(18-10)11-6-3-2-4-7-11/h2-4,6-7H,5,8-9H2,1H3,(H,16,17). The first-order valence-electron chi connectivity index (χ1n) is 5.90. The SMILES string of the molecule is Cc1oc(-c2ccccc2)nc1CCCC(=O)O. The Hall–Kier alpha value is -2.10. The molecule has 1 heterocycles. The maximum absolute atomic E-state index is 10.5. The van der Waals surface area contributed by atoms with Crippen molar-refractivity contribution >= 4 is 5.97 Å². The molecule has 4 nitrogen and oxygen atoms in total. The van der Waals surface area contributed by atoms with Crippen molar-refractivity contribution in [2.75, 3.05) is 0 Å². The minimum Gasteiger partial charge on any atom is -0.481 e. The number of carboxylic acids is 1. The molecule has 1 aromatic heterocycles. The van der Waals surface area contributed by atoms with Crippen molar-refractivity contribution < 1.29 is 14.3 Å². The zero-order valence-corrected chi connectivity index (χ0v) is 10.2. The largest absolute Gasteiger partial charge is 0.481 e. The molecule has 0 fully saturated rings. The Labute approximate surface area is 105 Å². The monoisotopic (exact) mass is 245 g/mol. The number of carboxylic acid groups (broad SMARTS) is 1. The first kappa shape index (κ1) is 12.4. The molecule has 4 heteroatoms. The van der Waals surface area contributed by atoms with Gasteiger partial charge in [0.1, 0.15) is 5.76 Å². The quantitative estimate of drug-likeness (QED) is 0.879. The average molecular weight is 245 g/mol. The lowest BCUT2D eigenvalue weighted by molar-refractivity contribution is -0.137. The molecule has 0 atom stereocenters. The van der Waals surface area contributed by atoms with Crippen LogP contribution in [0.2, 0.25) is 0 Å². The molecular weight excluding hydrogens is 230 g/mol. The second-order valence-electron chi connectivity index (χ2n) is 4.14. The summed E-state index contributed by atoms with van der Waals surface area (Å²) in [5, 5.41) is 8.60. The predicted molar refractivity (Wildman–Crippen MR) is 67.2 cm³/mol. The number of carbonyl (C=O) groups is 1. The van der Waals surface area contributed by atoms with Crippen LogP contribution in [0.5, 0.6) is 0 Å². The summed E-state index contributed by atoms with van der Waals surface area (Å²) >= 11 is 0. The predicted octanol–water partition coefficient (Wildman–Crippen LogP) is 3.06. The zero-order chi connectivity index (χ0) is 13.0. The van der Waals surface area contributed by atoms with Gasteiger partial charge in [-0.3, -0.25) is 4.79 Å². The highest BCUT2D eigenvalue weighted by Gasteiger charge is 2.11. The molecule has 0 saturated heterocycles. The molecule has 0 saturated carbocycles. The molecular formula is C14H15NO3. The Morgan fingerprint density at radius 2 is 2.06 bits per heavy atom. The van der Waals surface area contributed by atoms with Crippen LogP contribution in [-0.2, 0) is 11.2 Å². The van der Waals surface area contributed by atoms with Crippen molar-refractivity contribution in [3.8, 4) is 11.5 Å². The van der Waals surface area contributed by atoms with Crippen LogP contribution < -0.4 is 0 Å². The van der Waals surface area contributed by atoms with Crippen molar-refractivity contribution in [2.45, 2.75) is 26.2 Å². The van der Waals surface area contributed by atoms with Gasteiger partial charge in [0.15, 0.2) is 0 Å². The minimum absolute atomic E-state index is 0.160. The molecule has 0 aliphatic carbocycles. The van der Waals surface area contributed by atoms with E-state index in [4.69, 9.17) is 9.52 Å². The van der Waals surface area contributed by atoms with Crippen LogP contribution >= 0.6 is 0 Å². The Morgan fingerprint density at radius 1 is 1.33 bits per heavy atom. The lowest BCUT2D eigenvalue weighted by Gasteiger charge is -1.94. The third kappa shape index (κ3) is 2.97. The third-order valence-electron chi connectivity index (χ3n) is 2.72. The van der Waals surface area contributed by atoms with Crippen LogP contribution in [0.4, 0.5) is 0 Å². The van der Waals surface area contributed by atoms with Crippen LogP contribution in [0.25, 0.3) is 11.5 Å². The van der Waals surface area contributed by atoms with Gasteiger partial charge in [-0.1, -0.05) is 18.2 Å². The summed E-state index contributed by atoms with van der Waals surface area (Å²) in [6.45, 7) is 1.86. The Morgan fingerprint density at radius 3 is 2.72 bits per heavy atom. The first-order chi connectivity index (χ1) is 8.66. The van der Waals surface area contributed by atoms with Crippen molar-refractivity contribution in [2.24, 2.45) is 0 Å². The van der Waals surface area contributed by atoms with E-state index in [0.717, 1.165) is 17.0 Å². The van der Waals surface area contributed by atoms with E-state index in [1.165, 1.54) is 0 Å². The summed E-state index contributed by atoms with van der Waals surface area (Å²) in [5.41, 5.74) is 1.78. The van der Waals surface area contributed by atoms with E-state index in [-0.39, 0.29) is 6.42 Å². The lowest BCUT2D eigenvalue weighted by atomic mass is 10.2. The number of aryl methyl sites for hydroxylation is 2. The third-order valence-corrected chi connectivity index (χ3v) is 2.72. The van der Waals surface area contributed by atoms with E-state index in [1.807, 2.05) is 37.3 Å². The van der Waals surface area contributed by atoms with E-state index in [0.29, 0.717) is 18.7 Å². The number of benzene rings is 1. The number of aliphatic carboxylic acids is 1. The van der Waals surface area contributed by atoms with Gasteiger partial charge in [-0.2, -0.15) is 0 Å². The van der Waals surface area contributed by atoms with Gasteiger partial charge in [0.05, 0.1) is 5.69 Å². The highest BCUT2D eigenvalue weighted by Crippen LogP contribution is 2.22. The number of aromatic nitrogens is 1. The van der Waals surface area contributed by atoms with Crippen LogP contribution in [-0.4, -0.2) is 16.1 Å². The van der Waals surface area contributed by atoms with Gasteiger partial charge in [0.25, 0.3) is 0 Å². The van der Waals surface area contributed by atoms with Crippen molar-refractivity contribution in [1.82, 2.24) is 4.98 Å². The number of hydrogen-bond acceptors (Lipinski definition) is 3. The van der Waals surface area contributed by atoms with E-state index >= 15 is 0 Å². The lowest BCUT2D eigenvalue weighted by Crippen LogP contribution is -1.96. The van der Waals surface area contributed by atoms with Gasteiger partial charge in [-0.05, 0) is 31.9 Å². The molecule has 1 N–H and O–H groups in total. The molecule has 0 unspecified atom stereocenters. The molecule has 1 aromatic carbocycles. The summed E-state index contributed by atoms with van der Waals surface area (Å²) in [6, 6.07) is 9.67. The summed E-state index contributed by atoms with van der Waals surface area (Å²) < 4.78 is 5.60. The molecule has 0 bridgehead atoms. The number of hydrogen-bond donors (Lipinski definition) is 1. The Kier molecular flexibility index (Phi) is 3.77. The molecule has 18 heavy (non-hydrogen) atoms. The minimum atomic E-state index is -0.778. The van der Waals surface area contributed by atoms with E-state index in [9.17, 15) is 4.79 Å². The summed E-state index contributed by atoms with van der Waals surface area (Å²) in [6.07, 6.45) is 1.37. The molecule has 0 aliphatic heterocycles. The zero-order valence-electron chi connectivity index (χ0n) is 10.2. The maximum atomic E-state index is 10.5. The second-order valence-corrected chi connectivity index (χ2v) is 4.14. The summed E-state index contributed by atoms with van der Waals surface area (Å²) in [5.74, 6) is 0.581. The highest BCUT2D eigenvalue weighted by molar-refractivity contribution is 5.66. The molecule has 2 aromatic rings. The fraction of sp³-hybridized carbons (Fsp3) is 0.286. The fourth-order valence-electron chi connectivity index (χ4n) is 1.77. The van der Waals surface area contributed by atoms with Crippen LogP contribution in [0.1, 0.15) is 24.3 Å². The molecule has 0 amide bonds. The Bertz CT molecular complexity index is 531. The van der Waals surface area contributed by atoms with E-state index in [2.05, 4.69) is 4.98 Å². The molecule has 0 spiro atoms. The number of oxazole rings is 1. The summed E-state index contributed by atoms with van der Waals surface area (Å²) in [4.78, 5) is 14.9. The topological polar surface area (TPSA) is 63.3 Å². The van der Waals surface area contributed by atoms with Gasteiger partial charge in [-0.15, -0.1) is 0 Å². The maximum Gasteiger partial charge on any atom is 0.303 e. The van der Waals surface area contributed by atoms with Gasteiger partial charge >= 0.3 is 5.97 Å². The first-order valence-corrected chi connectivity index (χ1v) is 5.90. The molecule has 2 rings (SSSR count). The normalized spacial score (nSPS) is 10.5. The van der Waals surface area contributed by atoms with Gasteiger partial charge < -0.3 is 9.52 Å². The molecule has 0 aliphatic rings. The highest BCUT2D eigenvalue weighted by atomic mass is 16.4. The van der Waals surface area contributed by atoms with Gasteiger partial charge in [0, 0.05) is 12.0 Å². The average Bonchev–Trinajstić information content (AvgIpc) is 2.72. The molecule has 94 valence electrons. The fourth-order valence-corrected chi connectivity index (χ4v) is 1.77. The summed E-state index contributed by atoms with van der Waals surface area (Å²) in [7, 11) is 0. The van der Waals surface area contributed by atoms with E-state index in [1.54, 1.807) is 0 Å². The Balaban J connectivity index is 2.10. The second kappa shape index (κ2) is 5.49. The number of nitrogens with zero attached hydrogens (tertiary/aromatic N) is 1. The van der Waals surface area contributed by atoms with Crippen molar-refractivity contribution in [3.05, 3.63) is 41.8 Å². The van der Waals surface area contributed by atoms with Crippen LogP contribution in [0, 0.1) is 6.92 Å². The smallest absolute Gasteiger partial charge is 0.303 e. The number of rotatable bonds is 5. The van der Waals surface area contributed by atoms with Crippen LogP contribution in [0.3, 0.4) is 0 Å².